The first-order valence-electron chi connectivity index (χ1n) is 11.1. The van der Waals surface area contributed by atoms with Gasteiger partial charge in [0.2, 0.25) is 0 Å². The van der Waals surface area contributed by atoms with Gasteiger partial charge in [-0.25, -0.2) is 8.42 Å². The smallest absolute Gasteiger partial charge is 0.265 e. The number of benzene rings is 3. The molecular weight excluding hydrogens is 448 g/mol. The van der Waals surface area contributed by atoms with Crippen molar-refractivity contribution in [3.63, 3.8) is 0 Å². The number of carbonyl (C=O) groups is 1. The summed E-state index contributed by atoms with van der Waals surface area (Å²) < 4.78 is 34.1. The molecule has 0 bridgehead atoms. The summed E-state index contributed by atoms with van der Waals surface area (Å²) in [5.41, 5.74) is 3.95. The van der Waals surface area contributed by atoms with Crippen LogP contribution in [0.3, 0.4) is 0 Å². The third-order valence-corrected chi connectivity index (χ3v) is 6.92. The highest BCUT2D eigenvalue weighted by Crippen LogP contribution is 2.26. The summed E-state index contributed by atoms with van der Waals surface area (Å²) in [5, 5.41) is 2.77. The van der Waals surface area contributed by atoms with Crippen molar-refractivity contribution in [1.29, 1.82) is 0 Å². The molecule has 7 heteroatoms. The minimum Gasteiger partial charge on any atom is -0.481 e. The Morgan fingerprint density at radius 2 is 1.44 bits per heavy atom. The van der Waals surface area contributed by atoms with Gasteiger partial charge in [0.05, 0.1) is 10.6 Å². The molecule has 0 spiro atoms. The van der Waals surface area contributed by atoms with Crippen LogP contribution < -0.4 is 14.8 Å². The Bertz CT molecular complexity index is 1240. The van der Waals surface area contributed by atoms with Crippen molar-refractivity contribution in [3.8, 4) is 5.75 Å². The highest BCUT2D eigenvalue weighted by atomic mass is 32.2. The maximum atomic E-state index is 12.8. The molecule has 3 aromatic carbocycles. The SMILES string of the molecule is Cc1cccc(C)c1NS(=O)(=O)c1ccc(NC(=O)[C@H](C)Oc2ccc(C(C)(C)C)cc2)cc1. The lowest BCUT2D eigenvalue weighted by molar-refractivity contribution is -0.122. The Labute approximate surface area is 202 Å². The maximum Gasteiger partial charge on any atom is 0.265 e. The van der Waals surface area contributed by atoms with Crippen LogP contribution in [0.4, 0.5) is 11.4 Å². The number of nitrogens with one attached hydrogen (secondary N) is 2. The zero-order valence-electron chi connectivity index (χ0n) is 20.5. The highest BCUT2D eigenvalue weighted by Gasteiger charge is 2.19. The summed E-state index contributed by atoms with van der Waals surface area (Å²) in [4.78, 5) is 12.7. The zero-order valence-corrected chi connectivity index (χ0v) is 21.3. The molecule has 0 aromatic heterocycles. The number of hydrogen-bond donors (Lipinski definition) is 2. The van der Waals surface area contributed by atoms with Crippen molar-refractivity contribution in [2.75, 3.05) is 10.0 Å². The number of carbonyl (C=O) groups excluding carboxylic acids is 1. The van der Waals surface area contributed by atoms with Gasteiger partial charge < -0.3 is 10.1 Å². The van der Waals surface area contributed by atoms with Gasteiger partial charge in [0.1, 0.15) is 5.75 Å². The molecule has 1 amide bonds. The zero-order chi connectivity index (χ0) is 25.1. The number of amides is 1. The number of sulfonamides is 1. The summed E-state index contributed by atoms with van der Waals surface area (Å²) in [5.74, 6) is 0.277. The van der Waals surface area contributed by atoms with Gasteiger partial charge in [-0.3, -0.25) is 9.52 Å². The molecule has 180 valence electrons. The van der Waals surface area contributed by atoms with Gasteiger partial charge in [0, 0.05) is 5.69 Å². The van der Waals surface area contributed by atoms with E-state index in [1.807, 2.05) is 56.3 Å². The molecule has 0 aliphatic carbocycles. The molecule has 0 heterocycles. The van der Waals surface area contributed by atoms with E-state index in [2.05, 4.69) is 30.8 Å². The normalized spacial score (nSPS) is 12.6. The van der Waals surface area contributed by atoms with Crippen LogP contribution in [0.5, 0.6) is 5.75 Å². The van der Waals surface area contributed by atoms with E-state index < -0.39 is 16.1 Å². The fraction of sp³-hybridized carbons (Fsp3) is 0.296. The van der Waals surface area contributed by atoms with Gasteiger partial charge in [0.25, 0.3) is 15.9 Å². The largest absolute Gasteiger partial charge is 0.481 e. The van der Waals surface area contributed by atoms with Crippen LogP contribution in [-0.4, -0.2) is 20.4 Å². The minimum absolute atomic E-state index is 0.0371. The standard InChI is InChI=1S/C27H32N2O4S/c1-18-8-7-9-19(2)25(18)29-34(31,32)24-16-12-22(13-17-24)28-26(30)20(3)33-23-14-10-21(11-15-23)27(4,5)6/h7-17,20,29H,1-6H3,(H,28,30)/t20-/m0/s1. The molecule has 6 nitrogen and oxygen atoms in total. The van der Waals surface area contributed by atoms with Crippen LogP contribution in [0.2, 0.25) is 0 Å². The van der Waals surface area contributed by atoms with Crippen LogP contribution in [0.25, 0.3) is 0 Å². The first-order chi connectivity index (χ1) is 15.9. The third kappa shape index (κ3) is 6.17. The van der Waals surface area contributed by atoms with Crippen molar-refractivity contribution < 1.29 is 17.9 Å². The molecule has 0 unspecified atom stereocenters. The van der Waals surface area contributed by atoms with Gasteiger partial charge >= 0.3 is 0 Å². The van der Waals surface area contributed by atoms with Crippen LogP contribution in [0, 0.1) is 13.8 Å². The van der Waals surface area contributed by atoms with Crippen molar-refractivity contribution >= 4 is 27.3 Å². The second-order valence-corrected chi connectivity index (χ2v) is 11.1. The number of hydrogen-bond acceptors (Lipinski definition) is 4. The fourth-order valence-corrected chi connectivity index (χ4v) is 4.62. The van der Waals surface area contributed by atoms with E-state index in [1.165, 1.54) is 17.7 Å². The van der Waals surface area contributed by atoms with Crippen LogP contribution in [0.1, 0.15) is 44.4 Å². The summed E-state index contributed by atoms with van der Waals surface area (Å²) >= 11 is 0. The Morgan fingerprint density at radius 1 is 0.882 bits per heavy atom. The molecule has 0 saturated heterocycles. The van der Waals surface area contributed by atoms with Crippen molar-refractivity contribution in [1.82, 2.24) is 0 Å². The van der Waals surface area contributed by atoms with E-state index in [4.69, 9.17) is 4.74 Å². The minimum atomic E-state index is -3.76. The van der Waals surface area contributed by atoms with E-state index in [1.54, 1.807) is 19.1 Å². The molecule has 0 aliphatic rings. The second-order valence-electron chi connectivity index (χ2n) is 9.42. The predicted octanol–water partition coefficient (Wildman–Crippen LogP) is 5.81. The quantitative estimate of drug-likeness (QED) is 0.447. The fourth-order valence-electron chi connectivity index (χ4n) is 3.42. The summed E-state index contributed by atoms with van der Waals surface area (Å²) in [7, 11) is -3.76. The number of anilines is 2. The molecule has 3 aromatic rings. The van der Waals surface area contributed by atoms with E-state index in [0.29, 0.717) is 17.1 Å². The number of aryl methyl sites for hydroxylation is 2. The third-order valence-electron chi connectivity index (χ3n) is 5.55. The lowest BCUT2D eigenvalue weighted by Gasteiger charge is -2.20. The van der Waals surface area contributed by atoms with E-state index >= 15 is 0 Å². The van der Waals surface area contributed by atoms with Crippen molar-refractivity contribution in [2.45, 2.75) is 58.0 Å². The Kier molecular flexibility index (Phi) is 7.36. The average Bonchev–Trinajstić information content (AvgIpc) is 2.76. The van der Waals surface area contributed by atoms with Gasteiger partial charge in [-0.2, -0.15) is 0 Å². The molecule has 3 rings (SSSR count). The average molecular weight is 481 g/mol. The second kappa shape index (κ2) is 9.89. The van der Waals surface area contributed by atoms with Gasteiger partial charge in [-0.05, 0) is 79.3 Å². The molecule has 2 N–H and O–H groups in total. The van der Waals surface area contributed by atoms with Crippen LogP contribution in [0.15, 0.2) is 71.6 Å². The first-order valence-corrected chi connectivity index (χ1v) is 12.6. The van der Waals surface area contributed by atoms with Gasteiger partial charge in [0.15, 0.2) is 6.10 Å². The lowest BCUT2D eigenvalue weighted by Crippen LogP contribution is -2.30. The van der Waals surface area contributed by atoms with E-state index in [-0.39, 0.29) is 16.2 Å². The van der Waals surface area contributed by atoms with E-state index in [9.17, 15) is 13.2 Å². The molecule has 0 aliphatic heterocycles. The maximum absolute atomic E-state index is 12.8. The predicted molar refractivity (Wildman–Crippen MR) is 137 cm³/mol. The molecule has 0 saturated carbocycles. The molecule has 0 radical (unpaired) electrons. The summed E-state index contributed by atoms with van der Waals surface area (Å²) in [6.07, 6.45) is -0.727. The molecule has 1 atom stereocenters. The first kappa shape index (κ1) is 25.3. The number of para-hydroxylation sites is 1. The van der Waals surface area contributed by atoms with Gasteiger partial charge in [-0.15, -0.1) is 0 Å². The molecule has 0 fully saturated rings. The highest BCUT2D eigenvalue weighted by molar-refractivity contribution is 7.92. The lowest BCUT2D eigenvalue weighted by atomic mass is 9.87. The Morgan fingerprint density at radius 3 is 1.97 bits per heavy atom. The molecule has 34 heavy (non-hydrogen) atoms. The molecular formula is C27H32N2O4S. The van der Waals surface area contributed by atoms with Crippen LogP contribution >= 0.6 is 0 Å². The van der Waals surface area contributed by atoms with E-state index in [0.717, 1.165) is 11.1 Å². The van der Waals surface area contributed by atoms with Gasteiger partial charge in [-0.1, -0.05) is 51.1 Å². The Balaban J connectivity index is 1.64. The topological polar surface area (TPSA) is 84.5 Å². The summed E-state index contributed by atoms with van der Waals surface area (Å²) in [6, 6.07) is 19.3. The number of rotatable bonds is 7. The monoisotopic (exact) mass is 480 g/mol. The summed E-state index contributed by atoms with van der Waals surface area (Å²) in [6.45, 7) is 11.8. The Hall–Kier alpha value is -3.32. The van der Waals surface area contributed by atoms with Crippen molar-refractivity contribution in [2.24, 2.45) is 0 Å². The van der Waals surface area contributed by atoms with Crippen LogP contribution in [-0.2, 0) is 20.2 Å². The van der Waals surface area contributed by atoms with Crippen molar-refractivity contribution in [3.05, 3.63) is 83.4 Å². The number of ether oxygens (including phenoxy) is 1.